The lowest BCUT2D eigenvalue weighted by Crippen LogP contribution is -2.22. The SMILES string of the molecule is Cc1ccc(C2=C3C=CC(=N3)C(c3c(F)c(F)c(F)c(F)c3F)=c3ccc([nH]3)=C(c3ccc(C)cc3)c3cc4sc5cc(sc5c4s3)C(c3ccc(C)cc3)=C3C=CC(=N3)C(c3c(F)c(F)c(F)c(F)c3F)=c3ccc([nH]3)=C(c3ccc(C)cc3)c3cc4sc5cc2sc5c4s3)cc1. The van der Waals surface area contributed by atoms with Crippen LogP contribution in [0.3, 0.4) is 0 Å². The van der Waals surface area contributed by atoms with Crippen LogP contribution in [0.5, 0.6) is 0 Å². The first-order chi connectivity index (χ1) is 47.3. The Kier molecular flexibility index (Phi) is 14.8. The Morgan fingerprint density at radius 1 is 0.265 bits per heavy atom. The highest BCUT2D eigenvalue weighted by molar-refractivity contribution is 7.40. The number of H-pyrrole nitrogens is 2. The molecular weight excluding hydrogens is 1380 g/mol. The van der Waals surface area contributed by atoms with Gasteiger partial charge in [0.25, 0.3) is 0 Å². The number of fused-ring (bicyclic) bond motifs is 10. The number of nitrogens with zero attached hydrogens (tertiary/aromatic N) is 2. The average Bonchev–Trinajstić information content (AvgIpc) is 1.63. The molecule has 0 amide bonds. The molecule has 3 aliphatic rings. The number of aliphatic imine (C=N–C) groups is 2. The van der Waals surface area contributed by atoms with Gasteiger partial charge in [-0.3, -0.25) is 0 Å². The van der Waals surface area contributed by atoms with Gasteiger partial charge in [0.1, 0.15) is 0 Å². The van der Waals surface area contributed by atoms with Gasteiger partial charge in [-0.05, 0) is 123 Å². The molecule has 3 aliphatic heterocycles. The Morgan fingerprint density at radius 3 is 0.796 bits per heavy atom. The number of aromatic amines is 2. The van der Waals surface area contributed by atoms with Crippen molar-refractivity contribution in [2.75, 3.05) is 0 Å². The summed E-state index contributed by atoms with van der Waals surface area (Å²) in [6, 6.07) is 45.7. The number of hydrogen-bond donors (Lipinski definition) is 2. The third-order valence-electron chi connectivity index (χ3n) is 17.7. The number of aromatic nitrogens is 2. The number of benzene rings is 6. The van der Waals surface area contributed by atoms with Crippen molar-refractivity contribution in [3.05, 3.63) is 336 Å². The molecule has 0 unspecified atom stereocenters. The van der Waals surface area contributed by atoms with Crippen LogP contribution in [0.4, 0.5) is 43.9 Å². The van der Waals surface area contributed by atoms with E-state index >= 15 is 43.9 Å². The molecule has 11 heterocycles. The van der Waals surface area contributed by atoms with Crippen LogP contribution in [0, 0.1) is 85.9 Å². The molecule has 0 radical (unpaired) electrons. The van der Waals surface area contributed by atoms with E-state index in [1.165, 1.54) is 80.2 Å². The van der Waals surface area contributed by atoms with E-state index in [0.29, 0.717) is 44.4 Å². The number of rotatable bonds is 6. The number of nitrogens with one attached hydrogen (secondary N) is 2. The second-order valence-electron chi connectivity index (χ2n) is 24.0. The van der Waals surface area contributed by atoms with Gasteiger partial charge in [0.05, 0.1) is 52.7 Å². The largest absolute Gasteiger partial charge is 0.354 e. The number of hydrogen-bond acceptors (Lipinski definition) is 8. The molecule has 14 aromatic rings. The first-order valence-electron chi connectivity index (χ1n) is 30.5. The molecule has 2 N–H and O–H groups in total. The van der Waals surface area contributed by atoms with Gasteiger partial charge >= 0.3 is 0 Å². The first-order valence-corrected chi connectivity index (χ1v) is 35.4. The van der Waals surface area contributed by atoms with Crippen LogP contribution in [-0.2, 0) is 0 Å². The van der Waals surface area contributed by atoms with Crippen LogP contribution < -0.4 is 21.4 Å². The average molecular weight is 1420 g/mol. The van der Waals surface area contributed by atoms with Gasteiger partial charge < -0.3 is 9.97 Å². The highest BCUT2D eigenvalue weighted by Crippen LogP contribution is 2.51. The molecule has 6 aromatic carbocycles. The third kappa shape index (κ3) is 10.00. The van der Waals surface area contributed by atoms with Gasteiger partial charge in [0, 0.05) is 93.1 Å². The zero-order valence-corrected chi connectivity index (χ0v) is 56.2. The lowest BCUT2D eigenvalue weighted by atomic mass is 9.98. The minimum Gasteiger partial charge on any atom is -0.354 e. The maximum absolute atomic E-state index is 16.7. The summed E-state index contributed by atoms with van der Waals surface area (Å²) in [5.41, 5.74) is 6.89. The van der Waals surface area contributed by atoms with Crippen LogP contribution in [0.2, 0.25) is 0 Å². The van der Waals surface area contributed by atoms with E-state index < -0.39 is 69.3 Å². The molecule has 20 heteroatoms. The van der Waals surface area contributed by atoms with E-state index in [1.54, 1.807) is 36.4 Å². The van der Waals surface area contributed by atoms with E-state index in [4.69, 9.17) is 9.98 Å². The quantitative estimate of drug-likeness (QED) is 0.0947. The van der Waals surface area contributed by atoms with Crippen molar-refractivity contribution in [1.82, 2.24) is 9.97 Å². The van der Waals surface area contributed by atoms with Gasteiger partial charge in [-0.1, -0.05) is 119 Å². The maximum Gasteiger partial charge on any atom is 0.200 e. The van der Waals surface area contributed by atoms with Crippen molar-refractivity contribution in [2.45, 2.75) is 27.7 Å². The summed E-state index contributed by atoms with van der Waals surface area (Å²) < 4.78 is 167. The molecule has 17 rings (SSSR count). The van der Waals surface area contributed by atoms with Crippen molar-refractivity contribution < 1.29 is 43.9 Å². The summed E-state index contributed by atoms with van der Waals surface area (Å²) >= 11 is 8.98. The smallest absolute Gasteiger partial charge is 0.200 e. The molecule has 0 saturated heterocycles. The Labute approximate surface area is 573 Å². The highest BCUT2D eigenvalue weighted by Gasteiger charge is 2.34. The minimum atomic E-state index is -2.30. The van der Waals surface area contributed by atoms with Crippen LogP contribution in [0.1, 0.15) is 75.1 Å². The normalized spacial score (nSPS) is 14.3. The number of allylic oxidation sites excluding steroid dienone is 4. The standard InChI is InChI=1S/C78H42F10N4S6/c1-33-5-13-37(14-6-33)57-41-21-25-45(89-41)61(63-65(79)69(83)73(87)70(84)66(63)80)46-26-22-42(90-46)59(39-17-9-35(3)10-18-39)51-31-55-77(97-51)78-56(94-55)32-52(98-78)60(40-19-11-36(4)12-20-40)44-24-28-48(92-44)62(64-67(81)71(85)74(88)72(86)68(64)82)47-27-23-43(91-47)58(38-15-7-34(2)8-16-38)50-30-54-76(96-50)75-53(93-54)29-49(57)95-75/h5-32,89,92H,1-4H3. The zero-order valence-electron chi connectivity index (χ0n) is 51.3. The molecule has 16 bridgehead atoms. The first kappa shape index (κ1) is 61.8. The van der Waals surface area contributed by atoms with Crippen molar-refractivity contribution in [2.24, 2.45) is 9.98 Å². The fourth-order valence-electron chi connectivity index (χ4n) is 12.8. The fraction of sp³-hybridized carbons (Fsp3) is 0.0513. The lowest BCUT2D eigenvalue weighted by molar-refractivity contribution is 0.376. The van der Waals surface area contributed by atoms with Crippen molar-refractivity contribution in [3.8, 4) is 0 Å². The summed E-state index contributed by atoms with van der Waals surface area (Å²) in [6.45, 7) is 7.79. The van der Waals surface area contributed by atoms with E-state index in [-0.39, 0.29) is 33.3 Å². The predicted molar refractivity (Wildman–Crippen MR) is 381 cm³/mol. The van der Waals surface area contributed by atoms with Gasteiger partial charge in [0.2, 0.25) is 11.6 Å². The van der Waals surface area contributed by atoms with Crippen molar-refractivity contribution in [3.63, 3.8) is 0 Å². The Bertz CT molecular complexity index is 5870. The summed E-state index contributed by atoms with van der Waals surface area (Å²) in [5.74, 6) is -21.2. The van der Waals surface area contributed by atoms with Crippen molar-refractivity contribution in [1.29, 1.82) is 0 Å². The van der Waals surface area contributed by atoms with E-state index in [9.17, 15) is 0 Å². The van der Waals surface area contributed by atoms with E-state index in [2.05, 4.69) is 9.97 Å². The van der Waals surface area contributed by atoms with E-state index in [0.717, 1.165) is 102 Å². The molecule has 480 valence electrons. The topological polar surface area (TPSA) is 56.3 Å². The molecule has 0 aliphatic carbocycles. The molecule has 8 aromatic heterocycles. The lowest BCUT2D eigenvalue weighted by Gasteiger charge is -2.12. The second-order valence-corrected chi connectivity index (χ2v) is 30.4. The molecule has 98 heavy (non-hydrogen) atoms. The third-order valence-corrected chi connectivity index (χ3v) is 25.3. The fourth-order valence-corrected chi connectivity index (χ4v) is 21.2. The minimum absolute atomic E-state index is 0.0167. The van der Waals surface area contributed by atoms with E-state index in [1.807, 2.05) is 149 Å². The monoisotopic (exact) mass is 1420 g/mol. The second kappa shape index (κ2) is 23.5. The van der Waals surface area contributed by atoms with Crippen LogP contribution in [0.25, 0.3) is 71.0 Å². The Morgan fingerprint density at radius 2 is 0.510 bits per heavy atom. The van der Waals surface area contributed by atoms with Gasteiger partial charge in [-0.25, -0.2) is 53.9 Å². The van der Waals surface area contributed by atoms with Crippen LogP contribution in [0.15, 0.2) is 191 Å². The molecule has 0 fully saturated rings. The van der Waals surface area contributed by atoms with Crippen LogP contribution in [-0.4, -0.2) is 21.4 Å². The summed E-state index contributed by atoms with van der Waals surface area (Å²) in [6.07, 6.45) is 6.37. The van der Waals surface area contributed by atoms with Crippen molar-refractivity contribution >= 4 is 150 Å². The molecule has 0 spiro atoms. The van der Waals surface area contributed by atoms with Gasteiger partial charge in [0.15, 0.2) is 46.5 Å². The Balaban J connectivity index is 0.989. The number of aryl methyl sites for hydroxylation is 4. The zero-order chi connectivity index (χ0) is 67.4. The number of halogens is 10. The molecule has 0 atom stereocenters. The summed E-state index contributed by atoms with van der Waals surface area (Å²) in [7, 11) is 0. The molecule has 4 nitrogen and oxygen atoms in total. The predicted octanol–water partition coefficient (Wildman–Crippen LogP) is 20.1. The summed E-state index contributed by atoms with van der Waals surface area (Å²) in [5, 5.41) is 0.944. The van der Waals surface area contributed by atoms with Gasteiger partial charge in [-0.2, -0.15) is 0 Å². The highest BCUT2D eigenvalue weighted by atomic mass is 32.1. The van der Waals surface area contributed by atoms with Crippen LogP contribution >= 0.6 is 68.0 Å². The Hall–Kier alpha value is -9.80. The number of thiophene rings is 6. The molecule has 0 saturated carbocycles. The molecular formula is C78H42F10N4S6. The van der Waals surface area contributed by atoms with Gasteiger partial charge in [-0.15, -0.1) is 68.0 Å². The summed E-state index contributed by atoms with van der Waals surface area (Å²) in [4.78, 5) is 20.0. The maximum atomic E-state index is 16.7.